The van der Waals surface area contributed by atoms with Crippen LogP contribution in [0, 0.1) is 13.8 Å². The first-order valence-corrected chi connectivity index (χ1v) is 5.83. The largest absolute Gasteiger partial charge is 0.368 e. The highest BCUT2D eigenvalue weighted by Gasteiger charge is 2.19. The molecule has 0 aliphatic carbocycles. The van der Waals surface area contributed by atoms with Crippen molar-refractivity contribution < 1.29 is 4.79 Å². The van der Waals surface area contributed by atoms with Gasteiger partial charge < -0.3 is 16.0 Å². The van der Waals surface area contributed by atoms with Gasteiger partial charge in [0.25, 0.3) is 5.91 Å². The molecule has 1 saturated heterocycles. The Morgan fingerprint density at radius 2 is 2.06 bits per heavy atom. The van der Waals surface area contributed by atoms with Crippen molar-refractivity contribution in [2.45, 2.75) is 13.8 Å². The predicted octanol–water partition coefficient (Wildman–Crippen LogP) is 0.207. The van der Waals surface area contributed by atoms with Gasteiger partial charge in [0.2, 0.25) is 0 Å². The van der Waals surface area contributed by atoms with Gasteiger partial charge in [-0.25, -0.2) is 0 Å². The first-order chi connectivity index (χ1) is 8.09. The number of hydrogen-bond acceptors (Lipinski definition) is 4. The zero-order valence-corrected chi connectivity index (χ0v) is 10.3. The van der Waals surface area contributed by atoms with E-state index in [2.05, 4.69) is 15.2 Å². The Morgan fingerprint density at radius 3 is 2.65 bits per heavy atom. The van der Waals surface area contributed by atoms with Crippen LogP contribution in [0.1, 0.15) is 21.7 Å². The van der Waals surface area contributed by atoms with Gasteiger partial charge in [-0.3, -0.25) is 9.78 Å². The van der Waals surface area contributed by atoms with Crippen LogP contribution >= 0.6 is 0 Å². The lowest BCUT2D eigenvalue weighted by Crippen LogP contribution is -2.44. The first kappa shape index (κ1) is 11.9. The molecule has 2 rings (SSSR count). The van der Waals surface area contributed by atoms with Crippen molar-refractivity contribution in [3.8, 4) is 0 Å². The second-order valence-electron chi connectivity index (χ2n) is 4.34. The number of aromatic nitrogens is 1. The van der Waals surface area contributed by atoms with Crippen molar-refractivity contribution in [1.29, 1.82) is 0 Å². The third kappa shape index (κ3) is 2.39. The molecule has 5 heteroatoms. The summed E-state index contributed by atoms with van der Waals surface area (Å²) in [6.45, 7) is 7.41. The van der Waals surface area contributed by atoms with E-state index < -0.39 is 5.91 Å². The molecule has 5 nitrogen and oxygen atoms in total. The smallest absolute Gasteiger partial charge is 0.252 e. The van der Waals surface area contributed by atoms with Crippen LogP contribution in [0.5, 0.6) is 0 Å². The number of piperazine rings is 1. The summed E-state index contributed by atoms with van der Waals surface area (Å²) in [4.78, 5) is 18.0. The number of anilines is 1. The monoisotopic (exact) mass is 234 g/mol. The summed E-state index contributed by atoms with van der Waals surface area (Å²) in [5, 5.41) is 3.29. The highest BCUT2D eigenvalue weighted by molar-refractivity contribution is 5.99. The Kier molecular flexibility index (Phi) is 3.28. The van der Waals surface area contributed by atoms with Gasteiger partial charge in [-0.15, -0.1) is 0 Å². The minimum absolute atomic E-state index is 0.400. The second kappa shape index (κ2) is 4.71. The molecule has 1 fully saturated rings. The zero-order chi connectivity index (χ0) is 12.4. The van der Waals surface area contributed by atoms with Crippen LogP contribution in [0.4, 0.5) is 5.69 Å². The topological polar surface area (TPSA) is 71.2 Å². The van der Waals surface area contributed by atoms with Gasteiger partial charge >= 0.3 is 0 Å². The van der Waals surface area contributed by atoms with E-state index in [-0.39, 0.29) is 0 Å². The Morgan fingerprint density at radius 1 is 1.41 bits per heavy atom. The quantitative estimate of drug-likeness (QED) is 0.767. The summed E-state index contributed by atoms with van der Waals surface area (Å²) in [5.74, 6) is -0.400. The maximum Gasteiger partial charge on any atom is 0.252 e. The third-order valence-electron chi connectivity index (χ3n) is 3.01. The number of nitrogens with two attached hydrogens (primary N) is 1. The van der Waals surface area contributed by atoms with Gasteiger partial charge in [0.1, 0.15) is 0 Å². The molecule has 1 aliphatic rings. The molecular formula is C12H18N4O. The molecule has 0 saturated carbocycles. The molecule has 1 aromatic rings. The second-order valence-corrected chi connectivity index (χ2v) is 4.34. The average Bonchev–Trinajstić information content (AvgIpc) is 2.28. The number of pyridine rings is 1. The molecule has 0 spiro atoms. The molecule has 0 radical (unpaired) electrons. The van der Waals surface area contributed by atoms with Crippen molar-refractivity contribution in [3.05, 3.63) is 23.0 Å². The number of nitrogens with zero attached hydrogens (tertiary/aromatic N) is 2. The minimum Gasteiger partial charge on any atom is -0.368 e. The van der Waals surface area contributed by atoms with Crippen molar-refractivity contribution >= 4 is 11.6 Å². The van der Waals surface area contributed by atoms with Crippen LogP contribution in [0.25, 0.3) is 0 Å². The maximum absolute atomic E-state index is 11.5. The Balaban J connectivity index is 2.46. The Bertz CT molecular complexity index is 438. The highest BCUT2D eigenvalue weighted by Crippen LogP contribution is 2.23. The molecule has 0 atom stereocenters. The normalized spacial score (nSPS) is 16.0. The van der Waals surface area contributed by atoms with Gasteiger partial charge in [0.05, 0.1) is 16.9 Å². The van der Waals surface area contributed by atoms with Gasteiger partial charge in [-0.05, 0) is 19.9 Å². The highest BCUT2D eigenvalue weighted by atomic mass is 16.1. The Labute approximate surface area is 101 Å². The van der Waals surface area contributed by atoms with Crippen molar-refractivity contribution in [3.63, 3.8) is 0 Å². The van der Waals surface area contributed by atoms with E-state index in [4.69, 9.17) is 5.73 Å². The summed E-state index contributed by atoms with van der Waals surface area (Å²) in [7, 11) is 0. The van der Waals surface area contributed by atoms with Crippen LogP contribution in [0.2, 0.25) is 0 Å². The summed E-state index contributed by atoms with van der Waals surface area (Å²) in [5.41, 5.74) is 8.56. The molecular weight excluding hydrogens is 216 g/mol. The van der Waals surface area contributed by atoms with Crippen LogP contribution < -0.4 is 16.0 Å². The van der Waals surface area contributed by atoms with Gasteiger partial charge in [0, 0.05) is 31.9 Å². The number of hydrogen-bond donors (Lipinski definition) is 2. The molecule has 1 aromatic heterocycles. The van der Waals surface area contributed by atoms with E-state index in [1.165, 1.54) is 0 Å². The van der Waals surface area contributed by atoms with E-state index in [1.54, 1.807) is 0 Å². The number of primary amides is 1. The average molecular weight is 234 g/mol. The molecule has 17 heavy (non-hydrogen) atoms. The van der Waals surface area contributed by atoms with E-state index in [9.17, 15) is 4.79 Å². The predicted molar refractivity (Wildman–Crippen MR) is 67.3 cm³/mol. The first-order valence-electron chi connectivity index (χ1n) is 5.83. The van der Waals surface area contributed by atoms with Crippen LogP contribution in [-0.4, -0.2) is 37.1 Å². The van der Waals surface area contributed by atoms with Gasteiger partial charge in [0.15, 0.2) is 0 Å². The van der Waals surface area contributed by atoms with E-state index >= 15 is 0 Å². The fourth-order valence-electron chi connectivity index (χ4n) is 2.27. The number of rotatable bonds is 2. The minimum atomic E-state index is -0.400. The summed E-state index contributed by atoms with van der Waals surface area (Å²) >= 11 is 0. The van der Waals surface area contributed by atoms with Crippen molar-refractivity contribution in [2.75, 3.05) is 31.1 Å². The lowest BCUT2D eigenvalue weighted by Gasteiger charge is -2.31. The number of amides is 1. The molecule has 1 aliphatic heterocycles. The number of carbonyl (C=O) groups is 1. The van der Waals surface area contributed by atoms with Crippen LogP contribution in [0.3, 0.4) is 0 Å². The number of aryl methyl sites for hydroxylation is 2. The molecule has 1 amide bonds. The van der Waals surface area contributed by atoms with E-state index in [1.807, 2.05) is 19.9 Å². The maximum atomic E-state index is 11.5. The molecule has 2 heterocycles. The number of carbonyl (C=O) groups excluding carboxylic acids is 1. The summed E-state index contributed by atoms with van der Waals surface area (Å²) in [6.07, 6.45) is 0. The lowest BCUT2D eigenvalue weighted by molar-refractivity contribution is 0.0999. The van der Waals surface area contributed by atoms with Crippen molar-refractivity contribution in [1.82, 2.24) is 10.3 Å². The van der Waals surface area contributed by atoms with Gasteiger partial charge in [-0.2, -0.15) is 0 Å². The van der Waals surface area contributed by atoms with Gasteiger partial charge in [-0.1, -0.05) is 0 Å². The van der Waals surface area contributed by atoms with Crippen LogP contribution in [-0.2, 0) is 0 Å². The van der Waals surface area contributed by atoms with E-state index in [0.717, 1.165) is 37.6 Å². The number of nitrogens with one attached hydrogen (secondary N) is 1. The lowest BCUT2D eigenvalue weighted by atomic mass is 10.1. The third-order valence-corrected chi connectivity index (χ3v) is 3.01. The molecule has 92 valence electrons. The van der Waals surface area contributed by atoms with E-state index in [0.29, 0.717) is 11.3 Å². The summed E-state index contributed by atoms with van der Waals surface area (Å²) in [6, 6.07) is 1.94. The molecule has 0 unspecified atom stereocenters. The van der Waals surface area contributed by atoms with Crippen LogP contribution in [0.15, 0.2) is 6.07 Å². The zero-order valence-electron chi connectivity index (χ0n) is 10.3. The summed E-state index contributed by atoms with van der Waals surface area (Å²) < 4.78 is 0. The molecule has 0 bridgehead atoms. The fraction of sp³-hybridized carbons (Fsp3) is 0.500. The Hall–Kier alpha value is -1.62. The molecule has 0 aromatic carbocycles. The van der Waals surface area contributed by atoms with Crippen molar-refractivity contribution in [2.24, 2.45) is 5.73 Å². The SMILES string of the molecule is Cc1cc(N2CCNCC2)c(C(N)=O)c(C)n1. The molecule has 3 N–H and O–H groups in total. The standard InChI is InChI=1S/C12H18N4O/c1-8-7-10(16-5-3-14-4-6-16)11(12(13)17)9(2)15-8/h7,14H,3-6H2,1-2H3,(H2,13,17). The fourth-order valence-corrected chi connectivity index (χ4v) is 2.27.